The second-order valence-electron chi connectivity index (χ2n) is 5.42. The summed E-state index contributed by atoms with van der Waals surface area (Å²) in [5, 5.41) is 12.3. The molecule has 1 heterocycles. The lowest BCUT2D eigenvalue weighted by Crippen LogP contribution is -2.40. The van der Waals surface area contributed by atoms with Crippen molar-refractivity contribution in [2.24, 2.45) is 0 Å². The van der Waals surface area contributed by atoms with Gasteiger partial charge in [-0.3, -0.25) is 14.6 Å². The van der Waals surface area contributed by atoms with Crippen LogP contribution in [0.1, 0.15) is 20.7 Å². The van der Waals surface area contributed by atoms with Crippen LogP contribution in [0.4, 0.5) is 0 Å². The van der Waals surface area contributed by atoms with Gasteiger partial charge in [0.1, 0.15) is 0 Å². The number of carbonyl (C=O) groups excluding carboxylic acids is 2. The molecule has 0 fully saturated rings. The number of ketones is 1. The summed E-state index contributed by atoms with van der Waals surface area (Å²) < 4.78 is 0. The molecular formula is C20H16N2O3S. The number of hydrogen-bond acceptors (Lipinski definition) is 5. The molecule has 2 aromatic carbocycles. The molecule has 5 nitrogen and oxygen atoms in total. The van der Waals surface area contributed by atoms with Crippen molar-refractivity contribution in [2.75, 3.05) is 0 Å². The van der Waals surface area contributed by atoms with Crippen LogP contribution in [0.15, 0.2) is 88.9 Å². The molecule has 0 spiro atoms. The number of amides is 1. The predicted molar refractivity (Wildman–Crippen MR) is 99.0 cm³/mol. The number of aliphatic hydroxyl groups excluding tert-OH is 1. The van der Waals surface area contributed by atoms with Crippen LogP contribution in [0.25, 0.3) is 0 Å². The van der Waals surface area contributed by atoms with E-state index in [1.54, 1.807) is 48.2 Å². The summed E-state index contributed by atoms with van der Waals surface area (Å²) in [6.07, 6.45) is 1.28. The van der Waals surface area contributed by atoms with Crippen LogP contribution in [0.2, 0.25) is 0 Å². The number of rotatable bonds is 6. The molecule has 0 aliphatic heterocycles. The van der Waals surface area contributed by atoms with Crippen molar-refractivity contribution in [2.45, 2.75) is 16.0 Å². The molecule has 1 unspecified atom stereocenters. The number of Topliss-reactive ketones (excluding diaryl/α,β-unsaturated/α-hetero) is 1. The molecule has 1 amide bonds. The van der Waals surface area contributed by atoms with Crippen LogP contribution in [0.3, 0.4) is 0 Å². The lowest BCUT2D eigenvalue weighted by Gasteiger charge is -2.12. The average molecular weight is 364 g/mol. The van der Waals surface area contributed by atoms with Gasteiger partial charge in [-0.15, -0.1) is 0 Å². The number of carbonyl (C=O) groups is 2. The zero-order valence-electron chi connectivity index (χ0n) is 13.7. The van der Waals surface area contributed by atoms with E-state index in [1.165, 1.54) is 12.4 Å². The number of benzene rings is 2. The summed E-state index contributed by atoms with van der Waals surface area (Å²) in [6, 6.07) is 19.9. The zero-order chi connectivity index (χ0) is 18.4. The molecule has 3 rings (SSSR count). The van der Waals surface area contributed by atoms with E-state index in [9.17, 15) is 14.7 Å². The van der Waals surface area contributed by atoms with E-state index in [2.05, 4.69) is 10.3 Å². The molecule has 3 aromatic rings. The maximum atomic E-state index is 12.3. The molecule has 1 aromatic heterocycles. The van der Waals surface area contributed by atoms with Gasteiger partial charge in [-0.2, -0.15) is 0 Å². The number of aromatic nitrogens is 1. The van der Waals surface area contributed by atoms with E-state index in [0.29, 0.717) is 5.56 Å². The van der Waals surface area contributed by atoms with Crippen molar-refractivity contribution in [3.8, 4) is 0 Å². The molecular weight excluding hydrogens is 348 g/mol. The second kappa shape index (κ2) is 8.42. The first-order chi connectivity index (χ1) is 12.6. The summed E-state index contributed by atoms with van der Waals surface area (Å²) in [7, 11) is 0. The van der Waals surface area contributed by atoms with Crippen molar-refractivity contribution >= 4 is 23.5 Å². The Balaban J connectivity index is 1.63. The molecule has 26 heavy (non-hydrogen) atoms. The summed E-state index contributed by atoms with van der Waals surface area (Å²) in [6.45, 7) is 0. The van der Waals surface area contributed by atoms with Crippen molar-refractivity contribution in [1.29, 1.82) is 0 Å². The van der Waals surface area contributed by atoms with Gasteiger partial charge in [0.2, 0.25) is 5.78 Å². The quantitative estimate of drug-likeness (QED) is 0.519. The standard InChI is InChI=1S/C20H16N2O3S/c23-18(20(25)22-19(24)15-5-4-12-21-13-15)14-8-10-17(11-9-14)26-16-6-2-1-3-7-16/h1-13,20,25H,(H,22,24). The Bertz CT molecular complexity index is 884. The Morgan fingerprint density at radius 3 is 2.23 bits per heavy atom. The van der Waals surface area contributed by atoms with E-state index in [4.69, 9.17) is 0 Å². The number of pyridine rings is 1. The van der Waals surface area contributed by atoms with Crippen LogP contribution in [0.5, 0.6) is 0 Å². The Morgan fingerprint density at radius 1 is 0.885 bits per heavy atom. The second-order valence-corrected chi connectivity index (χ2v) is 6.57. The molecule has 0 saturated heterocycles. The van der Waals surface area contributed by atoms with Crippen LogP contribution in [0, 0.1) is 0 Å². The van der Waals surface area contributed by atoms with E-state index in [-0.39, 0.29) is 5.56 Å². The van der Waals surface area contributed by atoms with Gasteiger partial charge in [0.15, 0.2) is 6.23 Å². The monoisotopic (exact) mass is 364 g/mol. The Hall–Kier alpha value is -2.96. The third kappa shape index (κ3) is 4.56. The fraction of sp³-hybridized carbons (Fsp3) is 0.0500. The highest BCUT2D eigenvalue weighted by Gasteiger charge is 2.20. The van der Waals surface area contributed by atoms with Gasteiger partial charge in [0.25, 0.3) is 5.91 Å². The van der Waals surface area contributed by atoms with Gasteiger partial charge in [0.05, 0.1) is 5.56 Å². The predicted octanol–water partition coefficient (Wildman–Crippen LogP) is 3.16. The summed E-state index contributed by atoms with van der Waals surface area (Å²) in [5.41, 5.74) is 0.593. The van der Waals surface area contributed by atoms with Crippen molar-refractivity contribution in [3.63, 3.8) is 0 Å². The Kier molecular flexibility index (Phi) is 5.78. The number of nitrogens with zero attached hydrogens (tertiary/aromatic N) is 1. The molecule has 6 heteroatoms. The molecule has 0 aliphatic carbocycles. The summed E-state index contributed by atoms with van der Waals surface area (Å²) >= 11 is 1.57. The highest BCUT2D eigenvalue weighted by molar-refractivity contribution is 7.99. The Morgan fingerprint density at radius 2 is 1.58 bits per heavy atom. The van der Waals surface area contributed by atoms with Crippen molar-refractivity contribution < 1.29 is 14.7 Å². The normalized spacial score (nSPS) is 11.6. The van der Waals surface area contributed by atoms with Gasteiger partial charge in [-0.25, -0.2) is 0 Å². The largest absolute Gasteiger partial charge is 0.367 e. The first-order valence-electron chi connectivity index (χ1n) is 7.89. The molecule has 1 atom stereocenters. The minimum Gasteiger partial charge on any atom is -0.367 e. The summed E-state index contributed by atoms with van der Waals surface area (Å²) in [4.78, 5) is 30.2. The summed E-state index contributed by atoms with van der Waals surface area (Å²) in [5.74, 6) is -1.13. The third-order valence-corrected chi connectivity index (χ3v) is 4.57. The minimum atomic E-state index is -1.62. The van der Waals surface area contributed by atoms with E-state index >= 15 is 0 Å². The van der Waals surface area contributed by atoms with Crippen LogP contribution < -0.4 is 5.32 Å². The van der Waals surface area contributed by atoms with Crippen LogP contribution in [-0.4, -0.2) is 28.0 Å². The van der Waals surface area contributed by atoms with E-state index < -0.39 is 17.9 Å². The maximum absolute atomic E-state index is 12.3. The number of nitrogens with one attached hydrogen (secondary N) is 1. The molecule has 0 saturated carbocycles. The lowest BCUT2D eigenvalue weighted by molar-refractivity contribution is 0.0607. The Labute approximate surface area is 155 Å². The highest BCUT2D eigenvalue weighted by atomic mass is 32.2. The topological polar surface area (TPSA) is 79.3 Å². The van der Waals surface area contributed by atoms with Gasteiger partial charge in [-0.1, -0.05) is 42.1 Å². The van der Waals surface area contributed by atoms with Gasteiger partial charge in [-0.05, 0) is 36.4 Å². The van der Waals surface area contributed by atoms with E-state index in [1.807, 2.05) is 30.3 Å². The smallest absolute Gasteiger partial charge is 0.255 e. The first-order valence-corrected chi connectivity index (χ1v) is 8.71. The minimum absolute atomic E-state index is 0.272. The fourth-order valence-electron chi connectivity index (χ4n) is 2.24. The number of hydrogen-bond donors (Lipinski definition) is 2. The molecule has 130 valence electrons. The SMILES string of the molecule is O=C(NC(O)C(=O)c1ccc(Sc2ccccc2)cc1)c1cccnc1. The maximum Gasteiger partial charge on any atom is 0.255 e. The highest BCUT2D eigenvalue weighted by Crippen LogP contribution is 2.27. The van der Waals surface area contributed by atoms with Crippen molar-refractivity contribution in [3.05, 3.63) is 90.3 Å². The van der Waals surface area contributed by atoms with Crippen LogP contribution >= 0.6 is 11.8 Å². The van der Waals surface area contributed by atoms with Gasteiger partial charge < -0.3 is 10.4 Å². The van der Waals surface area contributed by atoms with E-state index in [0.717, 1.165) is 9.79 Å². The first kappa shape index (κ1) is 17.8. The fourth-order valence-corrected chi connectivity index (χ4v) is 3.08. The molecule has 0 aliphatic rings. The third-order valence-electron chi connectivity index (χ3n) is 3.56. The van der Waals surface area contributed by atoms with Crippen molar-refractivity contribution in [1.82, 2.24) is 10.3 Å². The molecule has 0 bridgehead atoms. The number of aliphatic hydroxyl groups is 1. The molecule has 0 radical (unpaired) electrons. The van der Waals surface area contributed by atoms with Crippen LogP contribution in [-0.2, 0) is 0 Å². The average Bonchev–Trinajstić information content (AvgIpc) is 2.69. The zero-order valence-corrected chi connectivity index (χ0v) is 14.5. The molecule has 2 N–H and O–H groups in total. The van der Waals surface area contributed by atoms with Gasteiger partial charge >= 0.3 is 0 Å². The lowest BCUT2D eigenvalue weighted by atomic mass is 10.1. The van der Waals surface area contributed by atoms with Gasteiger partial charge in [0, 0.05) is 27.7 Å².